The van der Waals surface area contributed by atoms with E-state index < -0.39 is 5.97 Å². The Morgan fingerprint density at radius 1 is 1.08 bits per heavy atom. The molecule has 0 aliphatic heterocycles. The number of rotatable bonds is 9. The summed E-state index contributed by atoms with van der Waals surface area (Å²) in [6.45, 7) is 4.98. The molecular formula is C20H24N2O4. The van der Waals surface area contributed by atoms with Gasteiger partial charge in [-0.05, 0) is 30.7 Å². The first kappa shape index (κ1) is 19.3. The number of hydrogen-bond acceptors (Lipinski definition) is 4. The van der Waals surface area contributed by atoms with Crippen LogP contribution in [0.2, 0.25) is 0 Å². The molecule has 0 saturated heterocycles. The van der Waals surface area contributed by atoms with Crippen molar-refractivity contribution in [3.05, 3.63) is 53.6 Å². The number of ether oxygens (including phenoxy) is 1. The number of anilines is 2. The van der Waals surface area contributed by atoms with Gasteiger partial charge in [0.05, 0.1) is 11.3 Å². The van der Waals surface area contributed by atoms with Crippen LogP contribution in [-0.4, -0.2) is 23.5 Å². The smallest absolute Gasteiger partial charge is 0.337 e. The summed E-state index contributed by atoms with van der Waals surface area (Å²) in [7, 11) is 0. The summed E-state index contributed by atoms with van der Waals surface area (Å²) in [5, 5.41) is 15.3. The van der Waals surface area contributed by atoms with Gasteiger partial charge in [-0.3, -0.25) is 4.79 Å². The van der Waals surface area contributed by atoms with E-state index >= 15 is 0 Å². The zero-order chi connectivity index (χ0) is 18.9. The molecule has 0 aromatic heterocycles. The van der Waals surface area contributed by atoms with Crippen molar-refractivity contribution in [2.75, 3.05) is 17.2 Å². The molecule has 2 aromatic carbocycles. The maximum Gasteiger partial charge on any atom is 0.337 e. The number of benzene rings is 2. The lowest BCUT2D eigenvalue weighted by Crippen LogP contribution is -2.13. The number of carboxylic acid groups (broad SMARTS) is 1. The second-order valence-corrected chi connectivity index (χ2v) is 5.79. The number of hydrogen-bond donors (Lipinski definition) is 3. The van der Waals surface area contributed by atoms with Crippen molar-refractivity contribution in [3.63, 3.8) is 0 Å². The third-order valence-electron chi connectivity index (χ3n) is 3.79. The molecule has 0 spiro atoms. The maximum absolute atomic E-state index is 11.5. The van der Waals surface area contributed by atoms with Crippen molar-refractivity contribution in [1.82, 2.24) is 0 Å². The van der Waals surface area contributed by atoms with Gasteiger partial charge in [-0.1, -0.05) is 32.0 Å². The fourth-order valence-electron chi connectivity index (χ4n) is 2.38. The molecule has 0 atom stereocenters. The first-order valence-corrected chi connectivity index (χ1v) is 8.66. The lowest BCUT2D eigenvalue weighted by Gasteiger charge is -2.14. The summed E-state index contributed by atoms with van der Waals surface area (Å²) < 4.78 is 5.77. The third kappa shape index (κ3) is 5.24. The molecule has 6 nitrogen and oxygen atoms in total. The summed E-state index contributed by atoms with van der Waals surface area (Å²) in [5.41, 5.74) is 2.25. The van der Waals surface area contributed by atoms with Gasteiger partial charge in [-0.2, -0.15) is 0 Å². The van der Waals surface area contributed by atoms with Gasteiger partial charge >= 0.3 is 5.97 Å². The van der Waals surface area contributed by atoms with Crippen LogP contribution in [0.4, 0.5) is 11.4 Å². The fraction of sp³-hybridized carbons (Fsp3) is 0.300. The number of carbonyl (C=O) groups excluding carboxylic acids is 1. The van der Waals surface area contributed by atoms with E-state index in [1.807, 2.05) is 24.3 Å². The topological polar surface area (TPSA) is 87.7 Å². The highest BCUT2D eigenvalue weighted by Gasteiger charge is 2.14. The van der Waals surface area contributed by atoms with E-state index in [0.29, 0.717) is 12.4 Å². The minimum atomic E-state index is -1.12. The van der Waals surface area contributed by atoms with Crippen LogP contribution < -0.4 is 15.4 Å². The highest BCUT2D eigenvalue weighted by Crippen LogP contribution is 2.24. The van der Waals surface area contributed by atoms with Crippen molar-refractivity contribution >= 4 is 23.3 Å². The first-order valence-electron chi connectivity index (χ1n) is 8.66. The van der Waals surface area contributed by atoms with Crippen molar-refractivity contribution < 1.29 is 19.4 Å². The van der Waals surface area contributed by atoms with Crippen LogP contribution in [0.25, 0.3) is 0 Å². The third-order valence-corrected chi connectivity index (χ3v) is 3.79. The van der Waals surface area contributed by atoms with Gasteiger partial charge in [0.1, 0.15) is 12.4 Å². The van der Waals surface area contributed by atoms with E-state index in [1.54, 1.807) is 19.1 Å². The molecule has 0 unspecified atom stereocenters. The minimum absolute atomic E-state index is 0.00157. The molecule has 1 amide bonds. The molecular weight excluding hydrogens is 332 g/mol. The average molecular weight is 356 g/mol. The number of carboxylic acids is 1. The molecule has 0 aliphatic rings. The van der Waals surface area contributed by atoms with E-state index in [0.717, 1.165) is 24.2 Å². The van der Waals surface area contributed by atoms with Crippen LogP contribution in [0, 0.1) is 0 Å². The highest BCUT2D eigenvalue weighted by atomic mass is 16.5. The predicted molar refractivity (Wildman–Crippen MR) is 102 cm³/mol. The molecule has 3 N–H and O–H groups in total. The van der Waals surface area contributed by atoms with Crippen molar-refractivity contribution in [2.24, 2.45) is 0 Å². The number of carbonyl (C=O) groups is 2. The lowest BCUT2D eigenvalue weighted by molar-refractivity contribution is -0.115. The summed E-state index contributed by atoms with van der Waals surface area (Å²) in [4.78, 5) is 23.0. The Balaban J connectivity index is 2.14. The van der Waals surface area contributed by atoms with Gasteiger partial charge < -0.3 is 20.5 Å². The van der Waals surface area contributed by atoms with E-state index in [-0.39, 0.29) is 23.6 Å². The van der Waals surface area contributed by atoms with Crippen LogP contribution in [0.1, 0.15) is 42.6 Å². The lowest BCUT2D eigenvalue weighted by atomic mass is 10.1. The zero-order valence-corrected chi connectivity index (χ0v) is 15.0. The highest BCUT2D eigenvalue weighted by molar-refractivity contribution is 6.00. The minimum Gasteiger partial charge on any atom is -0.489 e. The van der Waals surface area contributed by atoms with Gasteiger partial charge in [-0.15, -0.1) is 0 Å². The van der Waals surface area contributed by atoms with Crippen LogP contribution in [-0.2, 0) is 11.4 Å². The molecule has 0 aliphatic carbocycles. The zero-order valence-electron chi connectivity index (χ0n) is 15.0. The second-order valence-electron chi connectivity index (χ2n) is 5.79. The van der Waals surface area contributed by atoms with E-state index in [9.17, 15) is 14.7 Å². The first-order chi connectivity index (χ1) is 12.5. The van der Waals surface area contributed by atoms with Gasteiger partial charge in [0, 0.05) is 24.2 Å². The number of aromatic carboxylic acids is 1. The Bertz CT molecular complexity index is 774. The molecule has 0 radical (unpaired) electrons. The summed E-state index contributed by atoms with van der Waals surface area (Å²) >= 11 is 0. The SMILES string of the molecule is CCCNc1ccccc1COc1ccc(NC(=O)CC)c(C(=O)O)c1. The Morgan fingerprint density at radius 3 is 2.54 bits per heavy atom. The second kappa shape index (κ2) is 9.46. The van der Waals surface area contributed by atoms with E-state index in [2.05, 4.69) is 17.6 Å². The van der Waals surface area contributed by atoms with Gasteiger partial charge in [0.2, 0.25) is 5.91 Å². The van der Waals surface area contributed by atoms with Crippen molar-refractivity contribution in [1.29, 1.82) is 0 Å². The number of nitrogens with one attached hydrogen (secondary N) is 2. The van der Waals surface area contributed by atoms with Crippen LogP contribution in [0.5, 0.6) is 5.75 Å². The Hall–Kier alpha value is -3.02. The monoisotopic (exact) mass is 356 g/mol. The summed E-state index contributed by atoms with van der Waals surface area (Å²) in [6.07, 6.45) is 1.29. The summed E-state index contributed by atoms with van der Waals surface area (Å²) in [5.74, 6) is -0.925. The Morgan fingerprint density at radius 2 is 1.85 bits per heavy atom. The quantitative estimate of drug-likeness (QED) is 0.629. The normalized spacial score (nSPS) is 10.2. The van der Waals surface area contributed by atoms with Crippen molar-refractivity contribution in [2.45, 2.75) is 33.3 Å². The molecule has 138 valence electrons. The molecule has 26 heavy (non-hydrogen) atoms. The largest absolute Gasteiger partial charge is 0.489 e. The fourth-order valence-corrected chi connectivity index (χ4v) is 2.38. The molecule has 2 aromatic rings. The van der Waals surface area contributed by atoms with Crippen molar-refractivity contribution in [3.8, 4) is 5.75 Å². The van der Waals surface area contributed by atoms with E-state index in [4.69, 9.17) is 4.74 Å². The van der Waals surface area contributed by atoms with Crippen LogP contribution >= 0.6 is 0 Å². The van der Waals surface area contributed by atoms with Crippen LogP contribution in [0.15, 0.2) is 42.5 Å². The Kier molecular flexibility index (Phi) is 7.02. The molecule has 2 rings (SSSR count). The molecule has 0 saturated carbocycles. The van der Waals surface area contributed by atoms with Gasteiger partial charge in [-0.25, -0.2) is 4.79 Å². The standard InChI is InChI=1S/C20H24N2O4/c1-3-11-21-17-8-6-5-7-14(17)13-26-15-9-10-18(22-19(23)4-2)16(12-15)20(24)25/h5-10,12,21H,3-4,11,13H2,1-2H3,(H,22,23)(H,24,25). The molecule has 6 heteroatoms. The van der Waals surface area contributed by atoms with Gasteiger partial charge in [0.25, 0.3) is 0 Å². The predicted octanol–water partition coefficient (Wildman–Crippen LogP) is 4.13. The maximum atomic E-state index is 11.5. The van der Waals surface area contributed by atoms with E-state index in [1.165, 1.54) is 6.07 Å². The average Bonchev–Trinajstić information content (AvgIpc) is 2.65. The van der Waals surface area contributed by atoms with Gasteiger partial charge in [0.15, 0.2) is 0 Å². The number of amides is 1. The summed E-state index contributed by atoms with van der Waals surface area (Å²) in [6, 6.07) is 12.5. The molecule has 0 bridgehead atoms. The molecule has 0 heterocycles. The van der Waals surface area contributed by atoms with Crippen LogP contribution in [0.3, 0.4) is 0 Å². The Labute approximate surface area is 153 Å². The number of para-hydroxylation sites is 1. The molecule has 0 fully saturated rings.